The van der Waals surface area contributed by atoms with E-state index in [1.54, 1.807) is 29.1 Å². The van der Waals surface area contributed by atoms with Crippen molar-refractivity contribution in [3.63, 3.8) is 0 Å². The van der Waals surface area contributed by atoms with Crippen molar-refractivity contribution in [2.45, 2.75) is 39.3 Å². The summed E-state index contributed by atoms with van der Waals surface area (Å²) in [5.41, 5.74) is 2.15. The predicted octanol–water partition coefficient (Wildman–Crippen LogP) is 3.52. The lowest BCUT2D eigenvalue weighted by Gasteiger charge is -2.37. The summed E-state index contributed by atoms with van der Waals surface area (Å²) in [4.78, 5) is 33.7. The molecule has 0 aliphatic carbocycles. The summed E-state index contributed by atoms with van der Waals surface area (Å²) in [6.45, 7) is 6.97. The molecular formula is C27H36N4O4. The van der Waals surface area contributed by atoms with Gasteiger partial charge in [0.05, 0.1) is 19.2 Å². The lowest BCUT2D eigenvalue weighted by atomic mass is 10.00. The van der Waals surface area contributed by atoms with E-state index in [2.05, 4.69) is 10.3 Å². The average Bonchev–Trinajstić information content (AvgIpc) is 2.88. The molecule has 3 rings (SSSR count). The van der Waals surface area contributed by atoms with E-state index in [1.165, 1.54) is 0 Å². The normalized spacial score (nSPS) is 18.9. The van der Waals surface area contributed by atoms with Gasteiger partial charge in [-0.2, -0.15) is 0 Å². The second-order valence-electron chi connectivity index (χ2n) is 9.10. The topological polar surface area (TPSA) is 95.0 Å². The zero-order chi connectivity index (χ0) is 25.4. The van der Waals surface area contributed by atoms with Crippen LogP contribution in [0.1, 0.15) is 48.7 Å². The molecule has 8 heteroatoms. The van der Waals surface area contributed by atoms with Gasteiger partial charge in [-0.1, -0.05) is 56.3 Å². The number of hydrogen-bond acceptors (Lipinski definition) is 5. The highest BCUT2D eigenvalue weighted by atomic mass is 16.5. The SMILES string of the molecule is CCCNC(=O)N(C)C[C@@H]1Oc2ncc(/C=C/c3ccccc3)cc2C(=O)N([C@@H](C)CO)C[C@H]1C. The number of nitrogens with zero attached hydrogens (tertiary/aromatic N) is 3. The van der Waals surface area contributed by atoms with Crippen LogP contribution in [0.15, 0.2) is 42.6 Å². The number of aromatic nitrogens is 1. The molecule has 3 atom stereocenters. The fourth-order valence-corrected chi connectivity index (χ4v) is 3.90. The Bertz CT molecular complexity index is 1030. The molecule has 0 radical (unpaired) electrons. The van der Waals surface area contributed by atoms with E-state index in [-0.39, 0.29) is 42.5 Å². The van der Waals surface area contributed by atoms with Crippen molar-refractivity contribution < 1.29 is 19.4 Å². The maximum Gasteiger partial charge on any atom is 0.317 e. The molecule has 3 amide bonds. The molecule has 0 fully saturated rings. The van der Waals surface area contributed by atoms with Gasteiger partial charge in [0.1, 0.15) is 11.7 Å². The first kappa shape index (κ1) is 26.2. The number of fused-ring (bicyclic) bond motifs is 1. The van der Waals surface area contributed by atoms with Crippen molar-refractivity contribution in [1.82, 2.24) is 20.1 Å². The molecule has 188 valence electrons. The van der Waals surface area contributed by atoms with Crippen LogP contribution in [0.5, 0.6) is 5.88 Å². The van der Waals surface area contributed by atoms with Crippen LogP contribution in [-0.2, 0) is 0 Å². The maximum atomic E-state index is 13.5. The molecule has 1 aliphatic rings. The van der Waals surface area contributed by atoms with Crippen molar-refractivity contribution >= 4 is 24.1 Å². The second-order valence-corrected chi connectivity index (χ2v) is 9.10. The number of benzene rings is 1. The Morgan fingerprint density at radius 3 is 2.71 bits per heavy atom. The first-order valence-corrected chi connectivity index (χ1v) is 12.1. The molecule has 8 nitrogen and oxygen atoms in total. The van der Waals surface area contributed by atoms with Crippen LogP contribution in [0.4, 0.5) is 4.79 Å². The van der Waals surface area contributed by atoms with Crippen molar-refractivity contribution in [2.24, 2.45) is 5.92 Å². The summed E-state index contributed by atoms with van der Waals surface area (Å²) in [7, 11) is 1.73. The van der Waals surface area contributed by atoms with Crippen molar-refractivity contribution in [2.75, 3.05) is 33.3 Å². The fourth-order valence-electron chi connectivity index (χ4n) is 3.90. The standard InChI is InChI=1S/C27H36N4O4/c1-5-13-28-27(34)30(4)17-24-19(2)16-31(20(3)18-32)26(33)23-14-22(15-29-25(23)35-24)12-11-21-9-7-6-8-10-21/h6-12,14-15,19-20,24,32H,5,13,16-18H2,1-4H3,(H,28,34)/b12-11+/t19-,20+,24+/m1/s1. The number of nitrogens with one attached hydrogen (secondary N) is 1. The summed E-state index contributed by atoms with van der Waals surface area (Å²) in [6.07, 6.45) is 6.00. The second kappa shape index (κ2) is 12.4. The average molecular weight is 481 g/mol. The van der Waals surface area contributed by atoms with Gasteiger partial charge in [-0.15, -0.1) is 0 Å². The van der Waals surface area contributed by atoms with Gasteiger partial charge in [0, 0.05) is 32.3 Å². The summed E-state index contributed by atoms with van der Waals surface area (Å²) in [5.74, 6) is -0.0914. The van der Waals surface area contributed by atoms with Gasteiger partial charge in [0.15, 0.2) is 0 Å². The van der Waals surface area contributed by atoms with Crippen LogP contribution >= 0.6 is 0 Å². The highest BCUT2D eigenvalue weighted by Gasteiger charge is 2.34. The Labute approximate surface area is 207 Å². The largest absolute Gasteiger partial charge is 0.472 e. The van der Waals surface area contributed by atoms with Gasteiger partial charge in [0.25, 0.3) is 5.91 Å². The minimum Gasteiger partial charge on any atom is -0.472 e. The van der Waals surface area contributed by atoms with Crippen molar-refractivity contribution in [3.05, 3.63) is 59.3 Å². The number of aliphatic hydroxyl groups excluding tert-OH is 1. The van der Waals surface area contributed by atoms with E-state index in [9.17, 15) is 14.7 Å². The monoisotopic (exact) mass is 480 g/mol. The molecule has 2 aromatic rings. The maximum absolute atomic E-state index is 13.5. The number of aliphatic hydroxyl groups is 1. The van der Waals surface area contributed by atoms with Crippen LogP contribution in [0.2, 0.25) is 0 Å². The minimum atomic E-state index is -0.383. The number of carbonyl (C=O) groups is 2. The summed E-state index contributed by atoms with van der Waals surface area (Å²) in [5, 5.41) is 12.7. The third-order valence-electron chi connectivity index (χ3n) is 6.14. The van der Waals surface area contributed by atoms with E-state index in [4.69, 9.17) is 4.74 Å². The molecule has 0 saturated carbocycles. The Balaban J connectivity index is 1.91. The lowest BCUT2D eigenvalue weighted by molar-refractivity contribution is 0.0352. The molecule has 1 aliphatic heterocycles. The zero-order valence-electron chi connectivity index (χ0n) is 21.0. The number of pyridine rings is 1. The lowest BCUT2D eigenvalue weighted by Crippen LogP contribution is -2.51. The molecule has 0 bridgehead atoms. The van der Waals surface area contributed by atoms with E-state index in [0.717, 1.165) is 17.5 Å². The Morgan fingerprint density at radius 1 is 1.31 bits per heavy atom. The number of amides is 3. The quantitative estimate of drug-likeness (QED) is 0.603. The van der Waals surface area contributed by atoms with Crippen LogP contribution < -0.4 is 10.1 Å². The molecule has 2 N–H and O–H groups in total. The van der Waals surface area contributed by atoms with Crippen LogP contribution in [0, 0.1) is 5.92 Å². The summed E-state index contributed by atoms with van der Waals surface area (Å²) in [6, 6.07) is 11.1. The first-order chi connectivity index (χ1) is 16.8. The van der Waals surface area contributed by atoms with Gasteiger partial charge in [-0.25, -0.2) is 9.78 Å². The Kier molecular flexibility index (Phi) is 9.25. The van der Waals surface area contributed by atoms with E-state index in [1.807, 2.05) is 63.3 Å². The van der Waals surface area contributed by atoms with E-state index >= 15 is 0 Å². The smallest absolute Gasteiger partial charge is 0.317 e. The molecule has 0 saturated heterocycles. The summed E-state index contributed by atoms with van der Waals surface area (Å²) < 4.78 is 6.26. The third-order valence-corrected chi connectivity index (χ3v) is 6.14. The predicted molar refractivity (Wildman–Crippen MR) is 137 cm³/mol. The number of hydrogen-bond donors (Lipinski definition) is 2. The zero-order valence-corrected chi connectivity index (χ0v) is 21.0. The van der Waals surface area contributed by atoms with Gasteiger partial charge in [-0.3, -0.25) is 4.79 Å². The number of carbonyl (C=O) groups excluding carboxylic acids is 2. The van der Waals surface area contributed by atoms with Gasteiger partial charge in [0.2, 0.25) is 5.88 Å². The molecule has 0 unspecified atom stereocenters. The molecule has 1 aromatic carbocycles. The highest BCUT2D eigenvalue weighted by Crippen LogP contribution is 2.28. The number of rotatable bonds is 8. The molecule has 1 aromatic heterocycles. The van der Waals surface area contributed by atoms with E-state index in [0.29, 0.717) is 25.2 Å². The number of ether oxygens (including phenoxy) is 1. The van der Waals surface area contributed by atoms with Crippen molar-refractivity contribution in [1.29, 1.82) is 0 Å². The van der Waals surface area contributed by atoms with E-state index < -0.39 is 0 Å². The number of urea groups is 1. The third kappa shape index (κ3) is 6.82. The minimum absolute atomic E-state index is 0.0954. The van der Waals surface area contributed by atoms with Gasteiger partial charge < -0.3 is 25.0 Å². The van der Waals surface area contributed by atoms with Crippen LogP contribution in [-0.4, -0.2) is 77.3 Å². The van der Waals surface area contributed by atoms with Gasteiger partial charge >= 0.3 is 6.03 Å². The number of likely N-dealkylation sites (N-methyl/N-ethyl adjacent to an activating group) is 1. The highest BCUT2D eigenvalue weighted by molar-refractivity contribution is 5.97. The van der Waals surface area contributed by atoms with Gasteiger partial charge in [-0.05, 0) is 30.5 Å². The van der Waals surface area contributed by atoms with Crippen LogP contribution in [0.3, 0.4) is 0 Å². The first-order valence-electron chi connectivity index (χ1n) is 12.1. The molecule has 35 heavy (non-hydrogen) atoms. The molecule has 2 heterocycles. The summed E-state index contributed by atoms with van der Waals surface area (Å²) >= 11 is 0. The fraction of sp³-hybridized carbons (Fsp3) is 0.444. The molecule has 0 spiro atoms. The molecular weight excluding hydrogens is 444 g/mol. The Hall–Kier alpha value is -3.39. The Morgan fingerprint density at radius 2 is 2.03 bits per heavy atom. The van der Waals surface area contributed by atoms with Crippen LogP contribution in [0.25, 0.3) is 12.2 Å². The van der Waals surface area contributed by atoms with Crippen molar-refractivity contribution in [3.8, 4) is 5.88 Å².